The third-order valence-corrected chi connectivity index (χ3v) is 4.32. The Labute approximate surface area is 110 Å². The second kappa shape index (κ2) is 5.40. The zero-order valence-electron chi connectivity index (χ0n) is 10.3. The Morgan fingerprint density at radius 2 is 2.00 bits per heavy atom. The first-order chi connectivity index (χ1) is 8.59. The van der Waals surface area contributed by atoms with Gasteiger partial charge in [-0.05, 0) is 18.1 Å². The Morgan fingerprint density at radius 1 is 1.28 bits per heavy atom. The molecule has 0 saturated heterocycles. The highest BCUT2D eigenvalue weighted by Gasteiger charge is 2.23. The van der Waals surface area contributed by atoms with Crippen molar-refractivity contribution in [1.29, 1.82) is 0 Å². The van der Waals surface area contributed by atoms with Gasteiger partial charge in [0.15, 0.2) is 0 Å². The van der Waals surface area contributed by atoms with Crippen molar-refractivity contribution >= 4 is 28.6 Å². The van der Waals surface area contributed by atoms with Gasteiger partial charge in [0.25, 0.3) is 0 Å². The normalized spacial score (nSPS) is 12.8. The number of carbonyl (C=O) groups is 1. The molecular formula is C14H15NO2S. The van der Waals surface area contributed by atoms with E-state index >= 15 is 0 Å². The summed E-state index contributed by atoms with van der Waals surface area (Å²) in [6.45, 7) is 3.85. The predicted octanol–water partition coefficient (Wildman–Crippen LogP) is 3.44. The highest BCUT2D eigenvalue weighted by Crippen LogP contribution is 2.32. The zero-order valence-corrected chi connectivity index (χ0v) is 11.1. The summed E-state index contributed by atoms with van der Waals surface area (Å²) in [4.78, 5) is 16.5. The second-order valence-electron chi connectivity index (χ2n) is 4.45. The van der Waals surface area contributed by atoms with Crippen molar-refractivity contribution < 1.29 is 9.90 Å². The number of fused-ring (bicyclic) bond motifs is 1. The third-order valence-electron chi connectivity index (χ3n) is 2.71. The Hall–Kier alpha value is -1.55. The van der Waals surface area contributed by atoms with Crippen LogP contribution in [0.1, 0.15) is 13.8 Å². The van der Waals surface area contributed by atoms with Gasteiger partial charge in [-0.15, -0.1) is 11.8 Å². The van der Waals surface area contributed by atoms with Crippen LogP contribution in [0.3, 0.4) is 0 Å². The van der Waals surface area contributed by atoms with Crippen molar-refractivity contribution in [2.75, 3.05) is 0 Å². The summed E-state index contributed by atoms with van der Waals surface area (Å²) in [5.41, 5.74) is 0.899. The van der Waals surface area contributed by atoms with E-state index in [9.17, 15) is 9.90 Å². The van der Waals surface area contributed by atoms with Crippen LogP contribution in [0.5, 0.6) is 0 Å². The molecule has 1 atom stereocenters. The van der Waals surface area contributed by atoms with Crippen molar-refractivity contribution in [3.8, 4) is 0 Å². The maximum Gasteiger partial charge on any atom is 0.317 e. The first-order valence-electron chi connectivity index (χ1n) is 5.83. The summed E-state index contributed by atoms with van der Waals surface area (Å²) < 4.78 is 0. The van der Waals surface area contributed by atoms with Gasteiger partial charge >= 0.3 is 5.97 Å². The lowest BCUT2D eigenvalue weighted by Crippen LogP contribution is -2.22. The van der Waals surface area contributed by atoms with Gasteiger partial charge in [0.05, 0.1) is 5.52 Å². The Morgan fingerprint density at radius 3 is 2.67 bits per heavy atom. The van der Waals surface area contributed by atoms with E-state index in [1.165, 1.54) is 11.8 Å². The Kier molecular flexibility index (Phi) is 3.87. The summed E-state index contributed by atoms with van der Waals surface area (Å²) in [5, 5.41) is 9.82. The van der Waals surface area contributed by atoms with Gasteiger partial charge < -0.3 is 5.11 Å². The van der Waals surface area contributed by atoms with Gasteiger partial charge in [0.2, 0.25) is 0 Å². The molecule has 0 fully saturated rings. The van der Waals surface area contributed by atoms with Gasteiger partial charge in [0.1, 0.15) is 5.25 Å². The molecule has 0 radical (unpaired) electrons. The average molecular weight is 261 g/mol. The van der Waals surface area contributed by atoms with Gasteiger partial charge in [-0.25, -0.2) is 0 Å². The molecule has 0 aliphatic heterocycles. The van der Waals surface area contributed by atoms with Crippen LogP contribution in [-0.4, -0.2) is 21.3 Å². The molecule has 2 rings (SSSR count). The van der Waals surface area contributed by atoms with Crippen molar-refractivity contribution in [3.05, 3.63) is 36.5 Å². The molecule has 1 aromatic heterocycles. The van der Waals surface area contributed by atoms with Crippen LogP contribution in [0, 0.1) is 5.92 Å². The molecule has 0 bridgehead atoms. The first kappa shape index (κ1) is 12.9. The molecular weight excluding hydrogens is 246 g/mol. The van der Waals surface area contributed by atoms with Crippen LogP contribution in [0.2, 0.25) is 0 Å². The van der Waals surface area contributed by atoms with Crippen LogP contribution in [0.25, 0.3) is 10.9 Å². The van der Waals surface area contributed by atoms with Crippen LogP contribution < -0.4 is 0 Å². The topological polar surface area (TPSA) is 50.2 Å². The SMILES string of the molecule is CC(C)C(Sc1ccnc2ccccc12)C(=O)O. The number of hydrogen-bond acceptors (Lipinski definition) is 3. The van der Waals surface area contributed by atoms with Gasteiger partial charge in [0, 0.05) is 16.5 Å². The fraction of sp³-hybridized carbons (Fsp3) is 0.286. The predicted molar refractivity (Wildman–Crippen MR) is 73.9 cm³/mol. The molecule has 94 valence electrons. The number of hydrogen-bond donors (Lipinski definition) is 1. The van der Waals surface area contributed by atoms with E-state index in [-0.39, 0.29) is 5.92 Å². The molecule has 1 unspecified atom stereocenters. The van der Waals surface area contributed by atoms with Gasteiger partial charge in [-0.2, -0.15) is 0 Å². The number of nitrogens with zero attached hydrogens (tertiary/aromatic N) is 1. The monoisotopic (exact) mass is 261 g/mol. The minimum absolute atomic E-state index is 0.0828. The van der Waals surface area contributed by atoms with E-state index in [1.54, 1.807) is 6.20 Å². The number of pyridine rings is 1. The number of thioether (sulfide) groups is 1. The molecule has 0 aliphatic rings. The molecule has 0 spiro atoms. The summed E-state index contributed by atoms with van der Waals surface area (Å²) in [5.74, 6) is -0.685. The maximum atomic E-state index is 11.2. The van der Waals surface area contributed by atoms with E-state index in [4.69, 9.17) is 0 Å². The van der Waals surface area contributed by atoms with Gasteiger partial charge in [-0.1, -0.05) is 32.0 Å². The molecule has 18 heavy (non-hydrogen) atoms. The van der Waals surface area contributed by atoms with E-state index in [2.05, 4.69) is 4.98 Å². The van der Waals surface area contributed by atoms with E-state index in [1.807, 2.05) is 44.2 Å². The second-order valence-corrected chi connectivity index (χ2v) is 5.63. The molecule has 4 heteroatoms. The minimum Gasteiger partial charge on any atom is -0.480 e. The summed E-state index contributed by atoms with van der Waals surface area (Å²) >= 11 is 1.39. The molecule has 0 amide bonds. The molecule has 0 aliphatic carbocycles. The molecule has 0 saturated carbocycles. The van der Waals surface area contributed by atoms with E-state index in [0.29, 0.717) is 0 Å². The summed E-state index contributed by atoms with van der Waals surface area (Å²) in [7, 11) is 0. The lowest BCUT2D eigenvalue weighted by Gasteiger charge is -2.16. The highest BCUT2D eigenvalue weighted by molar-refractivity contribution is 8.00. The number of benzene rings is 1. The van der Waals surface area contributed by atoms with Crippen LogP contribution in [0.15, 0.2) is 41.4 Å². The van der Waals surface area contributed by atoms with Crippen molar-refractivity contribution in [1.82, 2.24) is 4.98 Å². The average Bonchev–Trinajstić information content (AvgIpc) is 2.35. The van der Waals surface area contributed by atoms with Crippen LogP contribution in [-0.2, 0) is 4.79 Å². The number of aromatic nitrogens is 1. The van der Waals surface area contributed by atoms with Crippen molar-refractivity contribution in [2.45, 2.75) is 24.0 Å². The van der Waals surface area contributed by atoms with E-state index < -0.39 is 11.2 Å². The molecule has 1 N–H and O–H groups in total. The Balaban J connectivity index is 2.39. The summed E-state index contributed by atoms with van der Waals surface area (Å²) in [6, 6.07) is 9.67. The lowest BCUT2D eigenvalue weighted by atomic mass is 10.1. The number of carboxylic acid groups (broad SMARTS) is 1. The fourth-order valence-electron chi connectivity index (χ4n) is 1.78. The largest absolute Gasteiger partial charge is 0.480 e. The minimum atomic E-state index is -0.768. The van der Waals surface area contributed by atoms with Gasteiger partial charge in [-0.3, -0.25) is 9.78 Å². The van der Waals surface area contributed by atoms with Crippen molar-refractivity contribution in [3.63, 3.8) is 0 Å². The molecule has 2 aromatic rings. The number of rotatable bonds is 4. The number of aliphatic carboxylic acids is 1. The smallest absolute Gasteiger partial charge is 0.317 e. The van der Waals surface area contributed by atoms with Crippen LogP contribution >= 0.6 is 11.8 Å². The quantitative estimate of drug-likeness (QED) is 0.857. The van der Waals surface area contributed by atoms with Crippen LogP contribution in [0.4, 0.5) is 0 Å². The molecule has 3 nitrogen and oxygen atoms in total. The maximum absolute atomic E-state index is 11.2. The molecule has 1 aromatic carbocycles. The summed E-state index contributed by atoms with van der Waals surface area (Å²) in [6.07, 6.45) is 1.73. The lowest BCUT2D eigenvalue weighted by molar-refractivity contribution is -0.137. The van der Waals surface area contributed by atoms with Crippen molar-refractivity contribution in [2.24, 2.45) is 5.92 Å². The number of para-hydroxylation sites is 1. The Bertz CT molecular complexity index is 563. The van der Waals surface area contributed by atoms with E-state index in [0.717, 1.165) is 15.8 Å². The zero-order chi connectivity index (χ0) is 13.1. The fourth-order valence-corrected chi connectivity index (χ4v) is 2.87. The standard InChI is InChI=1S/C14H15NO2S/c1-9(2)13(14(16)17)18-12-7-8-15-11-6-4-3-5-10(11)12/h3-9,13H,1-2H3,(H,16,17). The first-order valence-corrected chi connectivity index (χ1v) is 6.71. The molecule has 1 heterocycles. The number of carboxylic acids is 1. The highest BCUT2D eigenvalue weighted by atomic mass is 32.2. The third kappa shape index (κ3) is 2.64.